The number of hydrogen-bond donors (Lipinski definition) is 0. The molecule has 16 heavy (non-hydrogen) atoms. The van der Waals surface area contributed by atoms with E-state index in [1.807, 2.05) is 6.07 Å². The van der Waals surface area contributed by atoms with Crippen LogP contribution in [0.25, 0.3) is 11.1 Å². The Hall–Kier alpha value is -1.12. The molecule has 0 spiro atoms. The van der Waals surface area contributed by atoms with Crippen molar-refractivity contribution >= 4 is 23.2 Å². The molecule has 0 saturated carbocycles. The summed E-state index contributed by atoms with van der Waals surface area (Å²) in [4.78, 5) is 4.01. The molecule has 0 radical (unpaired) electrons. The van der Waals surface area contributed by atoms with Gasteiger partial charge >= 0.3 is 0 Å². The Balaban J connectivity index is 2.54. The molecule has 0 saturated heterocycles. The first kappa shape index (κ1) is 11.4. The number of aromatic nitrogens is 1. The first-order valence-electron chi connectivity index (χ1n) is 4.67. The molecule has 82 valence electrons. The quantitative estimate of drug-likeness (QED) is 0.577. The van der Waals surface area contributed by atoms with Crippen LogP contribution in [0, 0.1) is 5.82 Å². The monoisotopic (exact) mass is 255 g/mol. The maximum Gasteiger partial charge on any atom is 0.136 e. The third-order valence-electron chi connectivity index (χ3n) is 2.19. The molecule has 0 aliphatic heterocycles. The van der Waals surface area contributed by atoms with Gasteiger partial charge in [0.15, 0.2) is 0 Å². The van der Waals surface area contributed by atoms with E-state index in [4.69, 9.17) is 23.2 Å². The molecule has 0 aliphatic rings. The van der Waals surface area contributed by atoms with E-state index in [-0.39, 0.29) is 5.82 Å². The van der Waals surface area contributed by atoms with E-state index >= 15 is 0 Å². The molecule has 1 aromatic carbocycles. The van der Waals surface area contributed by atoms with Gasteiger partial charge in [-0.15, -0.1) is 11.6 Å². The Morgan fingerprint density at radius 3 is 2.75 bits per heavy atom. The first-order chi connectivity index (χ1) is 7.70. The van der Waals surface area contributed by atoms with E-state index < -0.39 is 0 Å². The van der Waals surface area contributed by atoms with Crippen LogP contribution in [-0.2, 0) is 5.88 Å². The second-order valence-corrected chi connectivity index (χ2v) is 3.95. The molecule has 1 aromatic heterocycles. The molecule has 0 atom stereocenters. The van der Waals surface area contributed by atoms with Gasteiger partial charge in [0.2, 0.25) is 0 Å². The maximum absolute atomic E-state index is 13.1. The molecular formula is C12H8Cl2FN. The Kier molecular flexibility index (Phi) is 3.42. The van der Waals surface area contributed by atoms with Crippen LogP contribution < -0.4 is 0 Å². The van der Waals surface area contributed by atoms with Crippen LogP contribution in [0.15, 0.2) is 36.5 Å². The summed E-state index contributed by atoms with van der Waals surface area (Å²) in [6, 6.07) is 8.03. The minimum Gasteiger partial charge on any atom is -0.244 e. The lowest BCUT2D eigenvalue weighted by Gasteiger charge is -2.05. The molecule has 2 rings (SSSR count). The molecule has 0 unspecified atom stereocenters. The van der Waals surface area contributed by atoms with Crippen molar-refractivity contribution in [3.63, 3.8) is 0 Å². The minimum absolute atomic E-state index is 0.301. The smallest absolute Gasteiger partial charge is 0.136 e. The van der Waals surface area contributed by atoms with Crippen LogP contribution in [0.4, 0.5) is 4.39 Å². The number of alkyl halides is 1. The zero-order chi connectivity index (χ0) is 11.5. The molecule has 1 heterocycles. The van der Waals surface area contributed by atoms with Gasteiger partial charge in [-0.1, -0.05) is 23.7 Å². The molecule has 4 heteroatoms. The number of nitrogens with zero attached hydrogens (tertiary/aromatic N) is 1. The van der Waals surface area contributed by atoms with E-state index in [0.29, 0.717) is 22.2 Å². The van der Waals surface area contributed by atoms with E-state index in [1.54, 1.807) is 18.3 Å². The van der Waals surface area contributed by atoms with Crippen molar-refractivity contribution in [3.8, 4) is 11.1 Å². The van der Waals surface area contributed by atoms with Crippen molar-refractivity contribution in [1.29, 1.82) is 0 Å². The Labute approximate surface area is 103 Å². The number of halogens is 3. The van der Waals surface area contributed by atoms with Gasteiger partial charge in [-0.3, -0.25) is 0 Å². The highest BCUT2D eigenvalue weighted by atomic mass is 35.5. The Morgan fingerprint density at radius 2 is 2.06 bits per heavy atom. The second-order valence-electron chi connectivity index (χ2n) is 3.33. The van der Waals surface area contributed by atoms with Crippen molar-refractivity contribution in [2.75, 3.05) is 0 Å². The van der Waals surface area contributed by atoms with E-state index in [9.17, 15) is 4.39 Å². The maximum atomic E-state index is 13.1. The first-order valence-corrected chi connectivity index (χ1v) is 5.58. The van der Waals surface area contributed by atoms with Gasteiger partial charge in [-0.25, -0.2) is 9.37 Å². The molecule has 0 amide bonds. The largest absolute Gasteiger partial charge is 0.244 e. The number of benzene rings is 1. The highest BCUT2D eigenvalue weighted by Gasteiger charge is 2.06. The fourth-order valence-electron chi connectivity index (χ4n) is 1.42. The summed E-state index contributed by atoms with van der Waals surface area (Å²) in [5.41, 5.74) is 2.24. The van der Waals surface area contributed by atoms with Crippen LogP contribution >= 0.6 is 23.2 Å². The summed E-state index contributed by atoms with van der Waals surface area (Å²) in [5, 5.41) is 0.347. The molecule has 0 aliphatic carbocycles. The fraction of sp³-hybridized carbons (Fsp3) is 0.0833. The van der Waals surface area contributed by atoms with E-state index in [2.05, 4.69) is 4.98 Å². The highest BCUT2D eigenvalue weighted by Crippen LogP contribution is 2.27. The molecule has 0 fully saturated rings. The minimum atomic E-state index is -0.301. The van der Waals surface area contributed by atoms with Crippen molar-refractivity contribution in [3.05, 3.63) is 53.1 Å². The van der Waals surface area contributed by atoms with Gasteiger partial charge < -0.3 is 0 Å². The average Bonchev–Trinajstić information content (AvgIpc) is 2.30. The number of rotatable bonds is 2. The van der Waals surface area contributed by atoms with Gasteiger partial charge in [-0.2, -0.15) is 0 Å². The summed E-state index contributed by atoms with van der Waals surface area (Å²) < 4.78 is 13.1. The van der Waals surface area contributed by atoms with Crippen molar-refractivity contribution in [2.45, 2.75) is 5.88 Å². The molecule has 0 bridgehead atoms. The predicted molar refractivity (Wildman–Crippen MR) is 64.2 cm³/mol. The summed E-state index contributed by atoms with van der Waals surface area (Å²) in [7, 11) is 0. The highest BCUT2D eigenvalue weighted by molar-refractivity contribution is 6.32. The van der Waals surface area contributed by atoms with E-state index in [0.717, 1.165) is 5.56 Å². The lowest BCUT2D eigenvalue weighted by molar-refractivity contribution is 0.628. The summed E-state index contributed by atoms with van der Waals surface area (Å²) >= 11 is 11.7. The standard InChI is InChI=1S/C12H8Cl2FN/c13-6-8-4-11(12(14)16-7-8)9-2-1-3-10(15)5-9/h1-5,7H,6H2. The van der Waals surface area contributed by atoms with Gasteiger partial charge in [0, 0.05) is 17.6 Å². The second kappa shape index (κ2) is 4.81. The van der Waals surface area contributed by atoms with Gasteiger partial charge in [0.25, 0.3) is 0 Å². The summed E-state index contributed by atoms with van der Waals surface area (Å²) in [5.74, 6) is 0.0526. The van der Waals surface area contributed by atoms with Crippen LogP contribution in [0.1, 0.15) is 5.56 Å². The molecule has 1 nitrogen and oxygen atoms in total. The Bertz CT molecular complexity index is 514. The lowest BCUT2D eigenvalue weighted by Crippen LogP contribution is -1.88. The SMILES string of the molecule is Fc1cccc(-c2cc(CCl)cnc2Cl)c1. The predicted octanol–water partition coefficient (Wildman–Crippen LogP) is 4.28. The van der Waals surface area contributed by atoms with Crippen molar-refractivity contribution in [2.24, 2.45) is 0 Å². The van der Waals surface area contributed by atoms with Crippen LogP contribution in [0.3, 0.4) is 0 Å². The van der Waals surface area contributed by atoms with Crippen LogP contribution in [0.2, 0.25) is 5.15 Å². The van der Waals surface area contributed by atoms with Crippen LogP contribution in [-0.4, -0.2) is 4.98 Å². The van der Waals surface area contributed by atoms with Gasteiger partial charge in [-0.05, 0) is 29.3 Å². The van der Waals surface area contributed by atoms with Crippen molar-refractivity contribution in [1.82, 2.24) is 4.98 Å². The zero-order valence-corrected chi connectivity index (χ0v) is 9.76. The average molecular weight is 256 g/mol. The third-order valence-corrected chi connectivity index (χ3v) is 2.80. The molecule has 2 aromatic rings. The van der Waals surface area contributed by atoms with Gasteiger partial charge in [0.1, 0.15) is 11.0 Å². The topological polar surface area (TPSA) is 12.9 Å². The zero-order valence-electron chi connectivity index (χ0n) is 8.25. The van der Waals surface area contributed by atoms with Crippen LogP contribution in [0.5, 0.6) is 0 Å². The van der Waals surface area contributed by atoms with Crippen molar-refractivity contribution < 1.29 is 4.39 Å². The number of pyridine rings is 1. The summed E-state index contributed by atoms with van der Waals surface area (Å²) in [6.07, 6.45) is 1.61. The number of hydrogen-bond acceptors (Lipinski definition) is 1. The van der Waals surface area contributed by atoms with E-state index in [1.165, 1.54) is 12.1 Å². The normalized spacial score (nSPS) is 10.4. The molecule has 0 N–H and O–H groups in total. The fourth-order valence-corrected chi connectivity index (χ4v) is 1.78. The Morgan fingerprint density at radius 1 is 1.25 bits per heavy atom. The lowest BCUT2D eigenvalue weighted by atomic mass is 10.1. The van der Waals surface area contributed by atoms with Gasteiger partial charge in [0.05, 0.1) is 0 Å². The summed E-state index contributed by atoms with van der Waals surface area (Å²) in [6.45, 7) is 0. The third kappa shape index (κ3) is 2.34. The molecular weight excluding hydrogens is 248 g/mol.